The number of ether oxygens (including phenoxy) is 1. The van der Waals surface area contributed by atoms with Gasteiger partial charge in [-0.15, -0.1) is 0 Å². The minimum atomic E-state index is -1.26. The highest BCUT2D eigenvalue weighted by molar-refractivity contribution is 6.05. The Balaban J connectivity index is 1.86. The average Bonchev–Trinajstić information content (AvgIpc) is 2.68. The van der Waals surface area contributed by atoms with Crippen LogP contribution in [0.15, 0.2) is 12.2 Å². The van der Waals surface area contributed by atoms with Crippen LogP contribution in [0, 0.1) is 28.1 Å². The molecular weight excluding hydrogens is 344 g/mol. The van der Waals surface area contributed by atoms with Crippen LogP contribution in [0.3, 0.4) is 0 Å². The molecule has 1 spiro atoms. The zero-order valence-electron chi connectivity index (χ0n) is 16.9. The minimum absolute atomic E-state index is 0.0340. The van der Waals surface area contributed by atoms with E-state index in [1.165, 1.54) is 6.92 Å². The number of hydrogen-bond donors (Lipinski definition) is 2. The molecule has 4 rings (SSSR count). The number of Topliss-reactive ketones (excluding diaryl/α,β-unsaturated/α-hetero) is 1. The van der Waals surface area contributed by atoms with Crippen molar-refractivity contribution in [2.45, 2.75) is 84.0 Å². The first-order valence-corrected chi connectivity index (χ1v) is 10.2. The van der Waals surface area contributed by atoms with E-state index in [1.54, 1.807) is 0 Å². The van der Waals surface area contributed by atoms with Crippen molar-refractivity contribution in [2.24, 2.45) is 28.1 Å². The van der Waals surface area contributed by atoms with Crippen LogP contribution in [-0.2, 0) is 14.3 Å². The van der Waals surface area contributed by atoms with Gasteiger partial charge in [0.2, 0.25) is 0 Å². The maximum absolute atomic E-state index is 13.4. The lowest BCUT2D eigenvalue weighted by Gasteiger charge is -2.65. The summed E-state index contributed by atoms with van der Waals surface area (Å²) in [6.07, 6.45) is 2.74. The van der Waals surface area contributed by atoms with Gasteiger partial charge in [-0.2, -0.15) is 0 Å². The van der Waals surface area contributed by atoms with Crippen LogP contribution in [0.2, 0.25) is 0 Å². The van der Waals surface area contributed by atoms with Gasteiger partial charge in [-0.05, 0) is 48.9 Å². The summed E-state index contributed by atoms with van der Waals surface area (Å²) in [5.74, 6) is -0.325. The number of fused-ring (bicyclic) bond motifs is 3. The summed E-state index contributed by atoms with van der Waals surface area (Å²) >= 11 is 0. The number of aliphatic hydroxyl groups is 2. The Hall–Kier alpha value is -1.20. The Morgan fingerprint density at radius 3 is 2.52 bits per heavy atom. The third kappa shape index (κ3) is 2.24. The molecule has 27 heavy (non-hydrogen) atoms. The molecular formula is C22H32O5. The van der Waals surface area contributed by atoms with Crippen LogP contribution in [0.5, 0.6) is 0 Å². The van der Waals surface area contributed by atoms with Crippen LogP contribution in [0.1, 0.15) is 66.2 Å². The van der Waals surface area contributed by atoms with Crippen molar-refractivity contribution in [3.8, 4) is 0 Å². The molecule has 4 aliphatic rings. The summed E-state index contributed by atoms with van der Waals surface area (Å²) in [5, 5.41) is 21.8. The topological polar surface area (TPSA) is 83.8 Å². The summed E-state index contributed by atoms with van der Waals surface area (Å²) < 4.78 is 5.75. The lowest BCUT2D eigenvalue weighted by Crippen LogP contribution is -2.65. The Morgan fingerprint density at radius 1 is 1.22 bits per heavy atom. The Morgan fingerprint density at radius 2 is 1.89 bits per heavy atom. The van der Waals surface area contributed by atoms with Crippen LogP contribution in [0.25, 0.3) is 0 Å². The molecule has 3 unspecified atom stereocenters. The third-order valence-electron chi connectivity index (χ3n) is 8.82. The molecule has 5 nitrogen and oxygen atoms in total. The molecule has 0 aromatic heterocycles. The molecule has 0 amide bonds. The fraction of sp³-hybridized carbons (Fsp3) is 0.818. The molecule has 0 aromatic rings. The van der Waals surface area contributed by atoms with E-state index in [0.29, 0.717) is 24.8 Å². The van der Waals surface area contributed by atoms with Crippen molar-refractivity contribution in [2.75, 3.05) is 0 Å². The normalized spacial score (nSPS) is 50.7. The lowest BCUT2D eigenvalue weighted by atomic mass is 9.40. The molecule has 0 heterocycles. The van der Waals surface area contributed by atoms with Crippen molar-refractivity contribution in [1.29, 1.82) is 0 Å². The number of carbonyl (C=O) groups is 2. The first kappa shape index (κ1) is 19.1. The van der Waals surface area contributed by atoms with Gasteiger partial charge < -0.3 is 14.9 Å². The number of carbonyl (C=O) groups excluding carboxylic acids is 2. The Bertz CT molecular complexity index is 726. The van der Waals surface area contributed by atoms with Gasteiger partial charge in [-0.3, -0.25) is 9.59 Å². The van der Waals surface area contributed by atoms with Gasteiger partial charge in [0.05, 0.1) is 11.7 Å². The fourth-order valence-corrected chi connectivity index (χ4v) is 7.76. The van der Waals surface area contributed by atoms with Gasteiger partial charge in [0, 0.05) is 30.3 Å². The molecule has 2 bridgehead atoms. The van der Waals surface area contributed by atoms with Gasteiger partial charge in [0.1, 0.15) is 6.10 Å². The van der Waals surface area contributed by atoms with E-state index in [1.807, 2.05) is 0 Å². The summed E-state index contributed by atoms with van der Waals surface area (Å²) in [7, 11) is 0. The summed E-state index contributed by atoms with van der Waals surface area (Å²) in [6.45, 7) is 11.8. The van der Waals surface area contributed by atoms with Gasteiger partial charge in [0.15, 0.2) is 5.78 Å². The average molecular weight is 376 g/mol. The van der Waals surface area contributed by atoms with Crippen molar-refractivity contribution >= 4 is 11.8 Å². The molecule has 4 fully saturated rings. The zero-order valence-corrected chi connectivity index (χ0v) is 16.9. The van der Waals surface area contributed by atoms with E-state index in [9.17, 15) is 19.8 Å². The predicted molar refractivity (Wildman–Crippen MR) is 99.7 cm³/mol. The quantitative estimate of drug-likeness (QED) is 0.543. The van der Waals surface area contributed by atoms with Crippen molar-refractivity contribution in [3.63, 3.8) is 0 Å². The molecule has 0 aromatic carbocycles. The number of hydrogen-bond acceptors (Lipinski definition) is 5. The molecule has 2 N–H and O–H groups in total. The highest BCUT2D eigenvalue weighted by Gasteiger charge is 2.73. The van der Waals surface area contributed by atoms with Crippen molar-refractivity contribution in [3.05, 3.63) is 12.2 Å². The largest absolute Gasteiger partial charge is 0.462 e. The van der Waals surface area contributed by atoms with E-state index < -0.39 is 17.1 Å². The predicted octanol–water partition coefficient (Wildman–Crippen LogP) is 2.78. The molecule has 7 atom stereocenters. The highest BCUT2D eigenvalue weighted by Crippen LogP contribution is 2.72. The number of ketones is 1. The van der Waals surface area contributed by atoms with E-state index in [-0.39, 0.29) is 46.9 Å². The fourth-order valence-electron chi connectivity index (χ4n) is 7.76. The van der Waals surface area contributed by atoms with E-state index in [2.05, 4.69) is 27.4 Å². The Kier molecular flexibility index (Phi) is 3.86. The first-order chi connectivity index (χ1) is 12.4. The van der Waals surface area contributed by atoms with Crippen LogP contribution < -0.4 is 0 Å². The molecule has 0 saturated heterocycles. The first-order valence-electron chi connectivity index (χ1n) is 10.2. The van der Waals surface area contributed by atoms with Gasteiger partial charge in [0.25, 0.3) is 0 Å². The van der Waals surface area contributed by atoms with Gasteiger partial charge in [-0.1, -0.05) is 27.4 Å². The maximum Gasteiger partial charge on any atom is 0.302 e. The second kappa shape index (κ2) is 5.44. The summed E-state index contributed by atoms with van der Waals surface area (Å²) in [5.41, 5.74) is -2.17. The lowest BCUT2D eigenvalue weighted by molar-refractivity contribution is -0.226. The van der Waals surface area contributed by atoms with E-state index in [4.69, 9.17) is 4.74 Å². The third-order valence-corrected chi connectivity index (χ3v) is 8.82. The van der Waals surface area contributed by atoms with Crippen molar-refractivity contribution in [1.82, 2.24) is 0 Å². The van der Waals surface area contributed by atoms with Gasteiger partial charge in [-0.25, -0.2) is 0 Å². The molecule has 0 aliphatic heterocycles. The number of esters is 1. The van der Waals surface area contributed by atoms with Crippen LogP contribution >= 0.6 is 0 Å². The molecule has 4 aliphatic carbocycles. The molecule has 5 heteroatoms. The van der Waals surface area contributed by atoms with Crippen molar-refractivity contribution < 1.29 is 24.5 Å². The molecule has 150 valence electrons. The standard InChI is InChI=1S/C22H32O5/c1-12-18(25)21-9-6-15-19(3,4)16(24)7-8-20(15,5)17(21)14(27-13(2)23)10-22(12,26)11-21/h14-17,24,26H,1,6-11H2,2-5H3/t14-,15+,16?,17-,20?,21+,22?/m0/s1. The summed E-state index contributed by atoms with van der Waals surface area (Å²) in [6, 6.07) is 0. The SMILES string of the molecule is C=C1C(=O)[C@@]23CC[C@@H]4C(C)(C)C(O)CCC4(C)[C@@H]2[C@@H](OC(C)=O)CC1(O)C3. The summed E-state index contributed by atoms with van der Waals surface area (Å²) in [4.78, 5) is 25.3. The number of rotatable bonds is 1. The smallest absolute Gasteiger partial charge is 0.302 e. The molecule has 4 saturated carbocycles. The van der Waals surface area contributed by atoms with E-state index >= 15 is 0 Å². The zero-order chi connectivity index (χ0) is 20.0. The second-order valence-corrected chi connectivity index (χ2v) is 10.5. The Labute approximate surface area is 161 Å². The minimum Gasteiger partial charge on any atom is -0.462 e. The van der Waals surface area contributed by atoms with Crippen LogP contribution in [0.4, 0.5) is 0 Å². The maximum atomic E-state index is 13.4. The second-order valence-electron chi connectivity index (χ2n) is 10.5. The van der Waals surface area contributed by atoms with Crippen LogP contribution in [-0.4, -0.2) is 39.8 Å². The number of aliphatic hydroxyl groups excluding tert-OH is 1. The van der Waals surface area contributed by atoms with Gasteiger partial charge >= 0.3 is 5.97 Å². The monoisotopic (exact) mass is 376 g/mol. The van der Waals surface area contributed by atoms with E-state index in [0.717, 1.165) is 12.8 Å². The molecule has 0 radical (unpaired) electrons. The highest BCUT2D eigenvalue weighted by atomic mass is 16.5.